The summed E-state index contributed by atoms with van der Waals surface area (Å²) in [4.78, 5) is 10.7. The van der Waals surface area contributed by atoms with Gasteiger partial charge in [-0.15, -0.1) is 0 Å². The molecule has 0 atom stereocenters. The van der Waals surface area contributed by atoms with Gasteiger partial charge >= 0.3 is 0 Å². The zero-order chi connectivity index (χ0) is 14.8. The molecule has 1 heterocycles. The second-order valence-electron chi connectivity index (χ2n) is 4.89. The first kappa shape index (κ1) is 13.2. The van der Waals surface area contributed by atoms with E-state index in [9.17, 15) is 10.1 Å². The van der Waals surface area contributed by atoms with Gasteiger partial charge in [-0.25, -0.2) is 0 Å². The fraction of sp³-hybridized carbons (Fsp3) is 0.125. The van der Waals surface area contributed by atoms with Crippen LogP contribution in [-0.2, 0) is 6.54 Å². The minimum atomic E-state index is -0.372. The second kappa shape index (κ2) is 5.28. The Kier molecular flexibility index (Phi) is 3.31. The third-order valence-electron chi connectivity index (χ3n) is 3.38. The smallest absolute Gasteiger partial charge is 0.292 e. The number of rotatable bonds is 4. The Morgan fingerprint density at radius 1 is 1.24 bits per heavy atom. The standard InChI is InChI=1S/C16H14N2O3/c1-11-6-7-14(15(8-11)18(19)20)17-9-12-10-21-16-5-3-2-4-13(12)16/h2-8,10,17H,9H2,1H3. The Morgan fingerprint density at radius 3 is 2.86 bits per heavy atom. The lowest BCUT2D eigenvalue weighted by Gasteiger charge is -2.06. The quantitative estimate of drug-likeness (QED) is 0.573. The highest BCUT2D eigenvalue weighted by Gasteiger charge is 2.14. The molecule has 5 nitrogen and oxygen atoms in total. The van der Waals surface area contributed by atoms with Crippen molar-refractivity contribution in [3.63, 3.8) is 0 Å². The molecule has 3 rings (SSSR count). The Labute approximate surface area is 121 Å². The van der Waals surface area contributed by atoms with Crippen molar-refractivity contribution in [2.24, 2.45) is 0 Å². The van der Waals surface area contributed by atoms with E-state index >= 15 is 0 Å². The second-order valence-corrected chi connectivity index (χ2v) is 4.89. The maximum absolute atomic E-state index is 11.1. The van der Waals surface area contributed by atoms with E-state index in [1.165, 1.54) is 0 Å². The van der Waals surface area contributed by atoms with Gasteiger partial charge in [0.05, 0.1) is 11.2 Å². The fourth-order valence-corrected chi connectivity index (χ4v) is 2.30. The molecular weight excluding hydrogens is 268 g/mol. The highest BCUT2D eigenvalue weighted by atomic mass is 16.6. The third-order valence-corrected chi connectivity index (χ3v) is 3.38. The highest BCUT2D eigenvalue weighted by molar-refractivity contribution is 5.81. The average Bonchev–Trinajstić information content (AvgIpc) is 2.89. The van der Waals surface area contributed by atoms with Gasteiger partial charge in [0.25, 0.3) is 5.69 Å². The van der Waals surface area contributed by atoms with Gasteiger partial charge in [0, 0.05) is 23.6 Å². The molecule has 5 heteroatoms. The minimum Gasteiger partial charge on any atom is -0.464 e. The maximum atomic E-state index is 11.1. The van der Waals surface area contributed by atoms with E-state index in [2.05, 4.69) is 5.32 Å². The summed E-state index contributed by atoms with van der Waals surface area (Å²) in [6.07, 6.45) is 1.68. The number of hydrogen-bond donors (Lipinski definition) is 1. The van der Waals surface area contributed by atoms with Gasteiger partial charge in [-0.2, -0.15) is 0 Å². The summed E-state index contributed by atoms with van der Waals surface area (Å²) in [6.45, 7) is 2.31. The summed E-state index contributed by atoms with van der Waals surface area (Å²) in [5.74, 6) is 0. The van der Waals surface area contributed by atoms with E-state index in [0.29, 0.717) is 12.2 Å². The average molecular weight is 282 g/mol. The van der Waals surface area contributed by atoms with Crippen molar-refractivity contribution in [3.05, 3.63) is 70.0 Å². The number of anilines is 1. The van der Waals surface area contributed by atoms with Crippen LogP contribution >= 0.6 is 0 Å². The van der Waals surface area contributed by atoms with Gasteiger partial charge in [-0.3, -0.25) is 10.1 Å². The first-order chi connectivity index (χ1) is 10.1. The van der Waals surface area contributed by atoms with Crippen LogP contribution in [0.2, 0.25) is 0 Å². The molecule has 0 saturated carbocycles. The van der Waals surface area contributed by atoms with Crippen LogP contribution in [0.5, 0.6) is 0 Å². The summed E-state index contributed by atoms with van der Waals surface area (Å²) in [5.41, 5.74) is 3.24. The van der Waals surface area contributed by atoms with E-state index in [1.807, 2.05) is 37.3 Å². The van der Waals surface area contributed by atoms with E-state index in [4.69, 9.17) is 4.42 Å². The number of nitrogens with one attached hydrogen (secondary N) is 1. The topological polar surface area (TPSA) is 68.3 Å². The van der Waals surface area contributed by atoms with Gasteiger partial charge < -0.3 is 9.73 Å². The summed E-state index contributed by atoms with van der Waals surface area (Å²) >= 11 is 0. The molecule has 1 aromatic heterocycles. The van der Waals surface area contributed by atoms with Gasteiger partial charge in [-0.05, 0) is 24.6 Å². The van der Waals surface area contributed by atoms with Crippen LogP contribution in [0.1, 0.15) is 11.1 Å². The number of nitrogens with zero attached hydrogens (tertiary/aromatic N) is 1. The molecule has 0 spiro atoms. The number of aryl methyl sites for hydroxylation is 1. The Balaban J connectivity index is 1.87. The predicted octanol–water partition coefficient (Wildman–Crippen LogP) is 4.26. The molecule has 21 heavy (non-hydrogen) atoms. The minimum absolute atomic E-state index is 0.0859. The van der Waals surface area contributed by atoms with Crippen LogP contribution in [0.15, 0.2) is 53.1 Å². The van der Waals surface area contributed by atoms with Gasteiger partial charge in [-0.1, -0.05) is 24.3 Å². The number of hydrogen-bond acceptors (Lipinski definition) is 4. The monoisotopic (exact) mass is 282 g/mol. The molecule has 2 aromatic carbocycles. The van der Waals surface area contributed by atoms with E-state index in [1.54, 1.807) is 18.4 Å². The zero-order valence-corrected chi connectivity index (χ0v) is 11.5. The fourth-order valence-electron chi connectivity index (χ4n) is 2.30. The SMILES string of the molecule is Cc1ccc(NCc2coc3ccccc23)c([N+](=O)[O-])c1. The number of nitro benzene ring substituents is 1. The van der Waals surface area contributed by atoms with Gasteiger partial charge in [0.15, 0.2) is 0 Å². The van der Waals surface area contributed by atoms with E-state index < -0.39 is 0 Å². The lowest BCUT2D eigenvalue weighted by molar-refractivity contribution is -0.384. The van der Waals surface area contributed by atoms with Crippen molar-refractivity contribution < 1.29 is 9.34 Å². The van der Waals surface area contributed by atoms with E-state index in [-0.39, 0.29) is 10.6 Å². The zero-order valence-electron chi connectivity index (χ0n) is 11.5. The van der Waals surface area contributed by atoms with Gasteiger partial charge in [0.1, 0.15) is 11.3 Å². The first-order valence-corrected chi connectivity index (χ1v) is 6.59. The summed E-state index contributed by atoms with van der Waals surface area (Å²) in [7, 11) is 0. The predicted molar refractivity (Wildman–Crippen MR) is 81.4 cm³/mol. The molecule has 0 fully saturated rings. The molecule has 0 aliphatic carbocycles. The van der Waals surface area contributed by atoms with Crippen LogP contribution < -0.4 is 5.32 Å². The highest BCUT2D eigenvalue weighted by Crippen LogP contribution is 2.27. The molecule has 3 aromatic rings. The molecule has 0 aliphatic rings. The third kappa shape index (κ3) is 2.58. The van der Waals surface area contributed by atoms with Crippen molar-refractivity contribution >= 4 is 22.3 Å². The Hall–Kier alpha value is -2.82. The normalized spacial score (nSPS) is 10.7. The van der Waals surface area contributed by atoms with E-state index in [0.717, 1.165) is 22.1 Å². The Bertz CT molecular complexity index is 808. The Morgan fingerprint density at radius 2 is 2.05 bits per heavy atom. The number of para-hydroxylation sites is 1. The van der Waals surface area contributed by atoms with Crippen LogP contribution in [0, 0.1) is 17.0 Å². The molecule has 1 N–H and O–H groups in total. The summed E-state index contributed by atoms with van der Waals surface area (Å²) in [6, 6.07) is 12.9. The van der Waals surface area contributed by atoms with Crippen molar-refractivity contribution in [2.45, 2.75) is 13.5 Å². The van der Waals surface area contributed by atoms with Crippen LogP contribution in [-0.4, -0.2) is 4.92 Å². The van der Waals surface area contributed by atoms with Crippen LogP contribution in [0.4, 0.5) is 11.4 Å². The van der Waals surface area contributed by atoms with Crippen molar-refractivity contribution in [3.8, 4) is 0 Å². The van der Waals surface area contributed by atoms with Crippen molar-refractivity contribution in [1.82, 2.24) is 0 Å². The molecule has 0 unspecified atom stereocenters. The molecule has 0 bridgehead atoms. The van der Waals surface area contributed by atoms with Gasteiger partial charge in [0.2, 0.25) is 0 Å². The van der Waals surface area contributed by atoms with Crippen LogP contribution in [0.25, 0.3) is 11.0 Å². The lowest BCUT2D eigenvalue weighted by Crippen LogP contribution is -2.02. The number of nitro groups is 1. The van der Waals surface area contributed by atoms with Crippen molar-refractivity contribution in [1.29, 1.82) is 0 Å². The number of fused-ring (bicyclic) bond motifs is 1. The number of benzene rings is 2. The first-order valence-electron chi connectivity index (χ1n) is 6.59. The largest absolute Gasteiger partial charge is 0.464 e. The molecule has 0 amide bonds. The molecule has 0 aliphatic heterocycles. The summed E-state index contributed by atoms with van der Waals surface area (Å²) in [5, 5.41) is 15.2. The molecule has 0 saturated heterocycles. The van der Waals surface area contributed by atoms with Crippen molar-refractivity contribution in [2.75, 3.05) is 5.32 Å². The number of furan rings is 1. The lowest BCUT2D eigenvalue weighted by atomic mass is 10.1. The van der Waals surface area contributed by atoms with Crippen LogP contribution in [0.3, 0.4) is 0 Å². The maximum Gasteiger partial charge on any atom is 0.292 e. The molecule has 0 radical (unpaired) electrons. The molecule has 106 valence electrons. The summed E-state index contributed by atoms with van der Waals surface area (Å²) < 4.78 is 5.46. The molecular formula is C16H14N2O3.